The molecule has 4 nitrogen and oxygen atoms in total. The van der Waals surface area contributed by atoms with Crippen LogP contribution in [0.25, 0.3) is 0 Å². The van der Waals surface area contributed by atoms with Crippen LogP contribution in [-0.2, 0) is 16.0 Å². The summed E-state index contributed by atoms with van der Waals surface area (Å²) in [6.07, 6.45) is 3.35. The molecule has 0 aromatic heterocycles. The van der Waals surface area contributed by atoms with E-state index in [1.165, 1.54) is 6.07 Å². The normalized spacial score (nSPS) is 11.7. The molecule has 1 aromatic rings. The predicted molar refractivity (Wildman–Crippen MR) is 75.2 cm³/mol. The van der Waals surface area contributed by atoms with Gasteiger partial charge in [-0.25, -0.2) is 8.78 Å². The van der Waals surface area contributed by atoms with Gasteiger partial charge in [0.2, 0.25) is 11.8 Å². The molecule has 1 atom stereocenters. The minimum absolute atomic E-state index is 0.150. The molecule has 0 saturated carbocycles. The third-order valence-corrected chi connectivity index (χ3v) is 2.93. The molecule has 1 aromatic carbocycles. The number of halogens is 2. The Hall–Kier alpha value is -2.24. The zero-order chi connectivity index (χ0) is 15.8. The molecule has 0 fully saturated rings. The summed E-state index contributed by atoms with van der Waals surface area (Å²) in [7, 11) is 0. The number of unbranched alkanes of at least 4 members (excludes halogenated alkanes) is 1. The number of benzene rings is 1. The van der Waals surface area contributed by atoms with Gasteiger partial charge in [-0.2, -0.15) is 0 Å². The Labute approximate surface area is 122 Å². The standard InChI is InChI=1S/C15H18F2N2O2/c1-2-3-4-5-13(15(18)21)19-14(20)9-10-6-7-11(16)12(17)8-10/h2,6-8,13H,1,3-5,9H2,(H2,18,21)(H,19,20)/t13-/m1/s1. The zero-order valence-electron chi connectivity index (χ0n) is 11.6. The molecule has 0 heterocycles. The van der Waals surface area contributed by atoms with Crippen LogP contribution in [0.3, 0.4) is 0 Å². The van der Waals surface area contributed by atoms with Crippen molar-refractivity contribution in [3.05, 3.63) is 48.1 Å². The second-order valence-corrected chi connectivity index (χ2v) is 4.67. The molecule has 3 N–H and O–H groups in total. The summed E-state index contributed by atoms with van der Waals surface area (Å²) in [6.45, 7) is 3.56. The maximum atomic E-state index is 13.0. The van der Waals surface area contributed by atoms with Crippen LogP contribution in [0.15, 0.2) is 30.9 Å². The lowest BCUT2D eigenvalue weighted by Crippen LogP contribution is -2.44. The average Bonchev–Trinajstić information content (AvgIpc) is 2.42. The largest absolute Gasteiger partial charge is 0.368 e. The van der Waals surface area contributed by atoms with Crippen molar-refractivity contribution >= 4 is 11.8 Å². The van der Waals surface area contributed by atoms with Crippen molar-refractivity contribution in [1.29, 1.82) is 0 Å². The van der Waals surface area contributed by atoms with Gasteiger partial charge in [0.1, 0.15) is 6.04 Å². The van der Waals surface area contributed by atoms with Gasteiger partial charge < -0.3 is 11.1 Å². The van der Waals surface area contributed by atoms with E-state index in [1.807, 2.05) is 0 Å². The topological polar surface area (TPSA) is 72.2 Å². The molecule has 0 aliphatic heterocycles. The summed E-state index contributed by atoms with van der Waals surface area (Å²) in [5.41, 5.74) is 5.54. The number of nitrogens with one attached hydrogen (secondary N) is 1. The highest BCUT2D eigenvalue weighted by molar-refractivity contribution is 5.87. The van der Waals surface area contributed by atoms with Crippen LogP contribution in [0.4, 0.5) is 8.78 Å². The number of hydrogen-bond donors (Lipinski definition) is 2. The van der Waals surface area contributed by atoms with Gasteiger partial charge in [0.15, 0.2) is 11.6 Å². The first kappa shape index (κ1) is 16.8. The zero-order valence-corrected chi connectivity index (χ0v) is 11.6. The fourth-order valence-electron chi connectivity index (χ4n) is 1.83. The summed E-state index contributed by atoms with van der Waals surface area (Å²) in [6, 6.07) is 2.44. The minimum Gasteiger partial charge on any atom is -0.368 e. The van der Waals surface area contributed by atoms with Crippen LogP contribution in [0.5, 0.6) is 0 Å². The van der Waals surface area contributed by atoms with Crippen LogP contribution < -0.4 is 11.1 Å². The Balaban J connectivity index is 2.58. The SMILES string of the molecule is C=CCCC[C@@H](NC(=O)Cc1ccc(F)c(F)c1)C(N)=O. The Morgan fingerprint density at radius 1 is 1.33 bits per heavy atom. The number of amides is 2. The van der Waals surface area contributed by atoms with Crippen LogP contribution >= 0.6 is 0 Å². The smallest absolute Gasteiger partial charge is 0.239 e. The molecule has 0 spiro atoms. The summed E-state index contributed by atoms with van der Waals surface area (Å²) >= 11 is 0. The van der Waals surface area contributed by atoms with Crippen molar-refractivity contribution < 1.29 is 18.4 Å². The number of carbonyl (C=O) groups is 2. The lowest BCUT2D eigenvalue weighted by Gasteiger charge is -2.15. The molecule has 0 aliphatic carbocycles. The van der Waals surface area contributed by atoms with E-state index in [2.05, 4.69) is 11.9 Å². The molecule has 1 rings (SSSR count). The molecule has 0 radical (unpaired) electrons. The number of carbonyl (C=O) groups excluding carboxylic acids is 2. The predicted octanol–water partition coefficient (Wildman–Crippen LogP) is 1.83. The van der Waals surface area contributed by atoms with Crippen molar-refractivity contribution in [1.82, 2.24) is 5.32 Å². The Morgan fingerprint density at radius 3 is 2.62 bits per heavy atom. The minimum atomic E-state index is -1.02. The van der Waals surface area contributed by atoms with Crippen molar-refractivity contribution in [2.75, 3.05) is 0 Å². The molecule has 6 heteroatoms. The first-order valence-electron chi connectivity index (χ1n) is 6.57. The molecule has 0 unspecified atom stereocenters. The maximum Gasteiger partial charge on any atom is 0.239 e. The van der Waals surface area contributed by atoms with Crippen LogP contribution in [0, 0.1) is 11.6 Å². The number of nitrogens with two attached hydrogens (primary N) is 1. The van der Waals surface area contributed by atoms with Crippen molar-refractivity contribution in [3.63, 3.8) is 0 Å². The highest BCUT2D eigenvalue weighted by atomic mass is 19.2. The van der Waals surface area contributed by atoms with Crippen LogP contribution in [-0.4, -0.2) is 17.9 Å². The van der Waals surface area contributed by atoms with Gasteiger partial charge in [0.25, 0.3) is 0 Å². The van der Waals surface area contributed by atoms with E-state index < -0.39 is 29.5 Å². The molecule has 21 heavy (non-hydrogen) atoms. The van der Waals surface area contributed by atoms with Gasteiger partial charge in [0, 0.05) is 0 Å². The first-order chi connectivity index (χ1) is 9.93. The summed E-state index contributed by atoms with van der Waals surface area (Å²) in [5.74, 6) is -3.09. The molecule has 0 saturated heterocycles. The Bertz CT molecular complexity index is 532. The van der Waals surface area contributed by atoms with Crippen LogP contribution in [0.1, 0.15) is 24.8 Å². The van der Waals surface area contributed by atoms with Crippen LogP contribution in [0.2, 0.25) is 0 Å². The third kappa shape index (κ3) is 5.72. The van der Waals surface area contributed by atoms with Gasteiger partial charge in [-0.15, -0.1) is 6.58 Å². The van der Waals surface area contributed by atoms with E-state index in [-0.39, 0.29) is 6.42 Å². The highest BCUT2D eigenvalue weighted by Crippen LogP contribution is 2.09. The van der Waals surface area contributed by atoms with E-state index in [9.17, 15) is 18.4 Å². The molecule has 0 aliphatic rings. The van der Waals surface area contributed by atoms with E-state index in [1.54, 1.807) is 6.08 Å². The summed E-state index contributed by atoms with van der Waals surface area (Å²) in [5, 5.41) is 2.49. The second-order valence-electron chi connectivity index (χ2n) is 4.67. The van der Waals surface area contributed by atoms with Gasteiger partial charge >= 0.3 is 0 Å². The average molecular weight is 296 g/mol. The fraction of sp³-hybridized carbons (Fsp3) is 0.333. The molecule has 2 amide bonds. The molecule has 0 bridgehead atoms. The van der Waals surface area contributed by atoms with Gasteiger partial charge in [-0.1, -0.05) is 12.1 Å². The number of primary amides is 1. The highest BCUT2D eigenvalue weighted by Gasteiger charge is 2.17. The first-order valence-corrected chi connectivity index (χ1v) is 6.57. The molecular weight excluding hydrogens is 278 g/mol. The van der Waals surface area contributed by atoms with Gasteiger partial charge in [0.05, 0.1) is 6.42 Å². The summed E-state index contributed by atoms with van der Waals surface area (Å²) < 4.78 is 25.8. The van der Waals surface area contributed by atoms with Crippen molar-refractivity contribution in [2.45, 2.75) is 31.7 Å². The van der Waals surface area contributed by atoms with E-state index in [4.69, 9.17) is 5.73 Å². The summed E-state index contributed by atoms with van der Waals surface area (Å²) in [4.78, 5) is 23.1. The van der Waals surface area contributed by atoms with Crippen molar-refractivity contribution in [2.24, 2.45) is 5.73 Å². The fourth-order valence-corrected chi connectivity index (χ4v) is 1.83. The van der Waals surface area contributed by atoms with E-state index >= 15 is 0 Å². The lowest BCUT2D eigenvalue weighted by atomic mass is 10.1. The quantitative estimate of drug-likeness (QED) is 0.567. The second kappa shape index (κ2) is 8.14. The van der Waals surface area contributed by atoms with Gasteiger partial charge in [-0.3, -0.25) is 9.59 Å². The third-order valence-electron chi connectivity index (χ3n) is 2.93. The Morgan fingerprint density at radius 2 is 2.05 bits per heavy atom. The maximum absolute atomic E-state index is 13.0. The van der Waals surface area contributed by atoms with E-state index in [0.717, 1.165) is 12.1 Å². The number of rotatable bonds is 8. The van der Waals surface area contributed by atoms with Crippen molar-refractivity contribution in [3.8, 4) is 0 Å². The van der Waals surface area contributed by atoms with Gasteiger partial charge in [-0.05, 0) is 37.0 Å². The molecular formula is C15H18F2N2O2. The molecule has 114 valence electrons. The number of hydrogen-bond acceptors (Lipinski definition) is 2. The monoisotopic (exact) mass is 296 g/mol. The van der Waals surface area contributed by atoms with E-state index in [0.29, 0.717) is 24.8 Å². The number of allylic oxidation sites excluding steroid dienone is 1. The lowest BCUT2D eigenvalue weighted by molar-refractivity contribution is -0.127. The Kier molecular flexibility index (Phi) is 6.52.